The van der Waals surface area contributed by atoms with Gasteiger partial charge in [-0.25, -0.2) is 0 Å². The molecule has 0 saturated carbocycles. The Morgan fingerprint density at radius 1 is 1.21 bits per heavy atom. The molecule has 0 N–H and O–H groups in total. The molecule has 0 radical (unpaired) electrons. The fourth-order valence-corrected chi connectivity index (χ4v) is 3.47. The maximum Gasteiger partial charge on any atom is 0.237 e. The van der Waals surface area contributed by atoms with E-state index in [1.807, 2.05) is 43.3 Å². The van der Waals surface area contributed by atoms with Crippen LogP contribution in [0.4, 0.5) is 0 Å². The third kappa shape index (κ3) is 1.92. The standard InChI is InChI=1S/C15H13NO2S/c1-2-16-13(17)9-19-15(16)12-8-7-10-5-3-4-6-11(10)14(12)18/h3-8H,2,9H2,1H3. The molecular weight excluding hydrogens is 258 g/mol. The molecule has 1 aliphatic heterocycles. The van der Waals surface area contributed by atoms with Crippen molar-refractivity contribution in [2.24, 2.45) is 0 Å². The molecule has 1 aromatic rings. The first-order chi connectivity index (χ1) is 9.22. The minimum Gasteiger partial charge on any atom is -0.306 e. The number of hydrogen-bond acceptors (Lipinski definition) is 3. The Labute approximate surface area is 116 Å². The summed E-state index contributed by atoms with van der Waals surface area (Å²) in [6.45, 7) is 2.53. The van der Waals surface area contributed by atoms with Gasteiger partial charge in [-0.3, -0.25) is 9.59 Å². The monoisotopic (exact) mass is 271 g/mol. The number of carbonyl (C=O) groups is 2. The number of nitrogens with zero attached hydrogens (tertiary/aromatic N) is 1. The maximum absolute atomic E-state index is 12.5. The SMILES string of the molecule is CCN1C(=O)CSC1=C1C=Cc2ccccc2C1=O. The zero-order chi connectivity index (χ0) is 13.4. The molecule has 4 heteroatoms. The highest BCUT2D eigenvalue weighted by molar-refractivity contribution is 8.04. The Bertz CT molecular complexity index is 631. The third-order valence-electron chi connectivity index (χ3n) is 3.30. The number of carbonyl (C=O) groups excluding carboxylic acids is 2. The molecule has 3 nitrogen and oxygen atoms in total. The molecule has 0 bridgehead atoms. The van der Waals surface area contributed by atoms with Gasteiger partial charge >= 0.3 is 0 Å². The number of hydrogen-bond donors (Lipinski definition) is 0. The van der Waals surface area contributed by atoms with Crippen LogP contribution in [0, 0.1) is 0 Å². The van der Waals surface area contributed by atoms with Crippen LogP contribution in [-0.2, 0) is 4.79 Å². The third-order valence-corrected chi connectivity index (χ3v) is 4.41. The van der Waals surface area contributed by atoms with Crippen molar-refractivity contribution in [2.45, 2.75) is 6.92 Å². The van der Waals surface area contributed by atoms with Gasteiger partial charge in [-0.1, -0.05) is 42.1 Å². The normalized spacial score (nSPS) is 22.1. The van der Waals surface area contributed by atoms with E-state index in [0.717, 1.165) is 10.6 Å². The van der Waals surface area contributed by atoms with E-state index < -0.39 is 0 Å². The Hall–Kier alpha value is -1.81. The molecule has 0 atom stereocenters. The lowest BCUT2D eigenvalue weighted by Gasteiger charge is -2.19. The van der Waals surface area contributed by atoms with Crippen LogP contribution in [0.1, 0.15) is 22.8 Å². The van der Waals surface area contributed by atoms with Crippen LogP contribution >= 0.6 is 11.8 Å². The van der Waals surface area contributed by atoms with E-state index in [2.05, 4.69) is 0 Å². The minimum absolute atomic E-state index is 0.00810. The zero-order valence-electron chi connectivity index (χ0n) is 10.6. The van der Waals surface area contributed by atoms with Crippen LogP contribution in [0.3, 0.4) is 0 Å². The number of amides is 1. The number of benzene rings is 1. The Kier molecular flexibility index (Phi) is 3.03. The van der Waals surface area contributed by atoms with Gasteiger partial charge < -0.3 is 4.90 Å². The highest BCUT2D eigenvalue weighted by atomic mass is 32.2. The molecule has 1 saturated heterocycles. The summed E-state index contributed by atoms with van der Waals surface area (Å²) in [5.41, 5.74) is 2.29. The summed E-state index contributed by atoms with van der Waals surface area (Å²) in [6.07, 6.45) is 3.77. The highest BCUT2D eigenvalue weighted by Crippen LogP contribution is 2.35. The van der Waals surface area contributed by atoms with Crippen molar-refractivity contribution < 1.29 is 9.59 Å². The fraction of sp³-hybridized carbons (Fsp3) is 0.200. The Morgan fingerprint density at radius 3 is 2.79 bits per heavy atom. The largest absolute Gasteiger partial charge is 0.306 e. The molecule has 1 heterocycles. The summed E-state index contributed by atoms with van der Waals surface area (Å²) in [4.78, 5) is 25.9. The maximum atomic E-state index is 12.5. The summed E-state index contributed by atoms with van der Waals surface area (Å²) in [5, 5.41) is 0.795. The van der Waals surface area contributed by atoms with Crippen LogP contribution in [-0.4, -0.2) is 28.9 Å². The first-order valence-electron chi connectivity index (χ1n) is 6.21. The van der Waals surface area contributed by atoms with Gasteiger partial charge in [0.05, 0.1) is 16.4 Å². The average molecular weight is 271 g/mol. The summed E-state index contributed by atoms with van der Waals surface area (Å²) in [7, 11) is 0. The molecule has 0 aromatic heterocycles. The van der Waals surface area contributed by atoms with Gasteiger partial charge in [0.15, 0.2) is 5.78 Å². The van der Waals surface area contributed by atoms with Crippen molar-refractivity contribution in [2.75, 3.05) is 12.3 Å². The molecule has 1 aromatic carbocycles. The van der Waals surface area contributed by atoms with E-state index in [-0.39, 0.29) is 11.7 Å². The van der Waals surface area contributed by atoms with Crippen molar-refractivity contribution in [3.8, 4) is 0 Å². The average Bonchev–Trinajstić information content (AvgIpc) is 2.80. The van der Waals surface area contributed by atoms with Gasteiger partial charge in [-0.05, 0) is 18.6 Å². The van der Waals surface area contributed by atoms with E-state index in [9.17, 15) is 9.59 Å². The predicted molar refractivity (Wildman–Crippen MR) is 76.7 cm³/mol. The van der Waals surface area contributed by atoms with E-state index in [4.69, 9.17) is 0 Å². The van der Waals surface area contributed by atoms with E-state index in [1.54, 1.807) is 4.90 Å². The number of allylic oxidation sites excluding steroid dienone is 2. The van der Waals surface area contributed by atoms with Gasteiger partial charge in [0, 0.05) is 12.1 Å². The Morgan fingerprint density at radius 2 is 2.00 bits per heavy atom. The second-order valence-corrected chi connectivity index (χ2v) is 5.36. The second-order valence-electron chi connectivity index (χ2n) is 4.40. The smallest absolute Gasteiger partial charge is 0.237 e. The van der Waals surface area contributed by atoms with Gasteiger partial charge in [0.1, 0.15) is 0 Å². The second kappa shape index (κ2) is 4.70. The summed E-state index contributed by atoms with van der Waals surface area (Å²) in [5.74, 6) is 0.513. The number of fused-ring (bicyclic) bond motifs is 1. The van der Waals surface area contributed by atoms with Gasteiger partial charge in [-0.2, -0.15) is 0 Å². The molecular formula is C15H13NO2S. The molecule has 96 valence electrons. The molecule has 1 amide bonds. The van der Waals surface area contributed by atoms with Crippen LogP contribution in [0.25, 0.3) is 6.08 Å². The van der Waals surface area contributed by atoms with Crippen molar-refractivity contribution >= 4 is 29.5 Å². The summed E-state index contributed by atoms with van der Waals surface area (Å²) < 4.78 is 0. The van der Waals surface area contributed by atoms with Crippen LogP contribution in [0.15, 0.2) is 40.9 Å². The van der Waals surface area contributed by atoms with E-state index in [1.165, 1.54) is 11.8 Å². The van der Waals surface area contributed by atoms with Gasteiger partial charge in [-0.15, -0.1) is 0 Å². The Balaban J connectivity index is 2.10. The molecule has 0 unspecified atom stereocenters. The molecule has 1 aliphatic carbocycles. The van der Waals surface area contributed by atoms with E-state index in [0.29, 0.717) is 23.4 Å². The van der Waals surface area contributed by atoms with Crippen molar-refractivity contribution in [3.05, 3.63) is 52.1 Å². The van der Waals surface area contributed by atoms with Crippen molar-refractivity contribution in [3.63, 3.8) is 0 Å². The summed E-state index contributed by atoms with van der Waals surface area (Å²) in [6, 6.07) is 7.54. The van der Waals surface area contributed by atoms with Crippen molar-refractivity contribution in [1.82, 2.24) is 4.90 Å². The number of ketones is 1. The number of Topliss-reactive ketones (excluding diaryl/α,β-unsaturated/α-hetero) is 1. The van der Waals surface area contributed by atoms with Crippen molar-refractivity contribution in [1.29, 1.82) is 0 Å². The van der Waals surface area contributed by atoms with Gasteiger partial charge in [0.25, 0.3) is 0 Å². The molecule has 0 spiro atoms. The lowest BCUT2D eigenvalue weighted by atomic mass is 9.93. The number of rotatable bonds is 1. The molecule has 19 heavy (non-hydrogen) atoms. The lowest BCUT2D eigenvalue weighted by Crippen LogP contribution is -2.26. The topological polar surface area (TPSA) is 37.4 Å². The first kappa shape index (κ1) is 12.2. The van der Waals surface area contributed by atoms with E-state index >= 15 is 0 Å². The number of thioether (sulfide) groups is 1. The van der Waals surface area contributed by atoms with Gasteiger partial charge in [0.2, 0.25) is 5.91 Å². The van der Waals surface area contributed by atoms with Crippen LogP contribution < -0.4 is 0 Å². The zero-order valence-corrected chi connectivity index (χ0v) is 11.4. The van der Waals surface area contributed by atoms with Crippen LogP contribution in [0.5, 0.6) is 0 Å². The molecule has 1 fully saturated rings. The first-order valence-corrected chi connectivity index (χ1v) is 7.20. The molecule has 3 rings (SSSR count). The van der Waals surface area contributed by atoms with Crippen LogP contribution in [0.2, 0.25) is 0 Å². The predicted octanol–water partition coefficient (Wildman–Crippen LogP) is 2.70. The quantitative estimate of drug-likeness (QED) is 0.737. The minimum atomic E-state index is 0.00810. The summed E-state index contributed by atoms with van der Waals surface area (Å²) >= 11 is 1.45. The fourth-order valence-electron chi connectivity index (χ4n) is 2.35. The molecule has 2 aliphatic rings. The lowest BCUT2D eigenvalue weighted by molar-refractivity contribution is -0.125. The highest BCUT2D eigenvalue weighted by Gasteiger charge is 2.31.